The van der Waals surface area contributed by atoms with Crippen LogP contribution in [0.2, 0.25) is 0 Å². The van der Waals surface area contributed by atoms with E-state index in [1.807, 2.05) is 13.8 Å². The summed E-state index contributed by atoms with van der Waals surface area (Å²) in [7, 11) is 1.59. The fourth-order valence-electron chi connectivity index (χ4n) is 1.51. The molecule has 5 heteroatoms. The van der Waals surface area contributed by atoms with Gasteiger partial charge in [0.2, 0.25) is 5.84 Å². The Morgan fingerprint density at radius 1 is 1.39 bits per heavy atom. The van der Waals surface area contributed by atoms with Crippen LogP contribution < -0.4 is 5.32 Å². The van der Waals surface area contributed by atoms with Crippen molar-refractivity contribution in [2.24, 2.45) is 15.9 Å². The Kier molecular flexibility index (Phi) is 5.71. The van der Waals surface area contributed by atoms with Gasteiger partial charge in [-0.15, -0.1) is 0 Å². The van der Waals surface area contributed by atoms with E-state index in [4.69, 9.17) is 0 Å². The highest BCUT2D eigenvalue weighted by molar-refractivity contribution is 6.39. The molecule has 0 spiro atoms. The first kappa shape index (κ1) is 14.6. The molecule has 0 aliphatic carbocycles. The summed E-state index contributed by atoms with van der Waals surface area (Å²) in [6.45, 7) is 11.0. The minimum Gasteiger partial charge on any atom is -0.333 e. The number of amidine groups is 1. The molecule has 0 atom stereocenters. The number of carbonyl (C=O) groups excluding carboxylic acids is 1. The van der Waals surface area contributed by atoms with E-state index in [0.29, 0.717) is 19.0 Å². The molecule has 1 aliphatic rings. The molecule has 100 valence electrons. The molecular weight excluding hydrogens is 228 g/mol. The molecule has 0 bridgehead atoms. The smallest absolute Gasteiger partial charge is 0.291 e. The lowest BCUT2D eigenvalue weighted by atomic mass is 10.1. The van der Waals surface area contributed by atoms with Crippen LogP contribution in [-0.2, 0) is 4.79 Å². The van der Waals surface area contributed by atoms with Gasteiger partial charge in [0.1, 0.15) is 0 Å². The van der Waals surface area contributed by atoms with Gasteiger partial charge in [-0.25, -0.2) is 4.99 Å². The summed E-state index contributed by atoms with van der Waals surface area (Å²) in [5.74, 6) is 0.464. The Morgan fingerprint density at radius 3 is 2.50 bits per heavy atom. The van der Waals surface area contributed by atoms with Crippen LogP contribution in [0.3, 0.4) is 0 Å². The summed E-state index contributed by atoms with van der Waals surface area (Å²) in [6.07, 6.45) is 1.63. The predicted molar refractivity (Wildman–Crippen MR) is 75.3 cm³/mol. The van der Waals surface area contributed by atoms with Crippen molar-refractivity contribution >= 4 is 18.0 Å². The standard InChI is InChI=1S/C13H22N4O/c1-10(2)11(3)9-16-12(14-4)13(18)17-7-5-15-6-8-17/h9-10,15H,3,5-8H2,1-2,4H3/b14-12-,16-9-. The fraction of sp³-hybridized carbons (Fsp3) is 0.615. The minimum absolute atomic E-state index is 0.105. The highest BCUT2D eigenvalue weighted by atomic mass is 16.2. The molecule has 0 saturated carbocycles. The van der Waals surface area contributed by atoms with Crippen molar-refractivity contribution in [1.29, 1.82) is 0 Å². The zero-order chi connectivity index (χ0) is 13.5. The van der Waals surface area contributed by atoms with E-state index in [1.165, 1.54) is 0 Å². The van der Waals surface area contributed by atoms with E-state index in [0.717, 1.165) is 18.7 Å². The predicted octanol–water partition coefficient (Wildman–Crippen LogP) is 0.729. The molecule has 0 aromatic rings. The number of allylic oxidation sites excluding steroid dienone is 1. The molecule has 1 amide bonds. The van der Waals surface area contributed by atoms with Crippen molar-refractivity contribution in [3.05, 3.63) is 12.2 Å². The molecule has 0 aromatic heterocycles. The second kappa shape index (κ2) is 7.06. The van der Waals surface area contributed by atoms with Crippen LogP contribution in [0.5, 0.6) is 0 Å². The number of piperazine rings is 1. The van der Waals surface area contributed by atoms with Crippen LogP contribution in [0, 0.1) is 5.92 Å². The first-order valence-electron chi connectivity index (χ1n) is 6.26. The average Bonchev–Trinajstić information content (AvgIpc) is 2.39. The lowest BCUT2D eigenvalue weighted by molar-refractivity contribution is -0.124. The number of hydrogen-bond donors (Lipinski definition) is 1. The van der Waals surface area contributed by atoms with Crippen LogP contribution >= 0.6 is 0 Å². The van der Waals surface area contributed by atoms with Crippen LogP contribution in [0.15, 0.2) is 22.1 Å². The van der Waals surface area contributed by atoms with Gasteiger partial charge in [-0.1, -0.05) is 20.4 Å². The van der Waals surface area contributed by atoms with Gasteiger partial charge >= 0.3 is 0 Å². The lowest BCUT2D eigenvalue weighted by Crippen LogP contribution is -2.48. The zero-order valence-electron chi connectivity index (χ0n) is 11.4. The van der Waals surface area contributed by atoms with Crippen LogP contribution in [-0.4, -0.2) is 56.1 Å². The molecule has 0 unspecified atom stereocenters. The number of hydrogen-bond acceptors (Lipinski definition) is 3. The van der Waals surface area contributed by atoms with Crippen molar-refractivity contribution in [3.8, 4) is 0 Å². The fourth-order valence-corrected chi connectivity index (χ4v) is 1.51. The van der Waals surface area contributed by atoms with Crippen molar-refractivity contribution in [3.63, 3.8) is 0 Å². The number of rotatable bonds is 2. The van der Waals surface area contributed by atoms with Gasteiger partial charge in [-0.2, -0.15) is 0 Å². The monoisotopic (exact) mass is 250 g/mol. The molecule has 5 nitrogen and oxygen atoms in total. The van der Waals surface area contributed by atoms with E-state index in [9.17, 15) is 4.79 Å². The second-order valence-electron chi connectivity index (χ2n) is 4.58. The summed E-state index contributed by atoms with van der Waals surface area (Å²) >= 11 is 0. The Morgan fingerprint density at radius 2 is 2.00 bits per heavy atom. The van der Waals surface area contributed by atoms with E-state index >= 15 is 0 Å². The van der Waals surface area contributed by atoms with Crippen LogP contribution in [0.25, 0.3) is 0 Å². The van der Waals surface area contributed by atoms with Gasteiger partial charge in [0.15, 0.2) is 0 Å². The molecule has 18 heavy (non-hydrogen) atoms. The number of aliphatic imine (C=N–C) groups is 2. The van der Waals surface area contributed by atoms with E-state index in [1.54, 1.807) is 18.2 Å². The largest absolute Gasteiger partial charge is 0.333 e. The quantitative estimate of drug-likeness (QED) is 0.580. The Hall–Kier alpha value is -1.49. The van der Waals surface area contributed by atoms with Crippen LogP contribution in [0.1, 0.15) is 13.8 Å². The first-order valence-corrected chi connectivity index (χ1v) is 6.26. The summed E-state index contributed by atoms with van der Waals surface area (Å²) in [4.78, 5) is 22.0. The summed E-state index contributed by atoms with van der Waals surface area (Å²) < 4.78 is 0. The molecular formula is C13H22N4O. The van der Waals surface area contributed by atoms with Gasteiger partial charge in [0.05, 0.1) is 0 Å². The average molecular weight is 250 g/mol. The second-order valence-corrected chi connectivity index (χ2v) is 4.58. The topological polar surface area (TPSA) is 57.1 Å². The maximum absolute atomic E-state index is 12.1. The number of nitrogens with zero attached hydrogens (tertiary/aromatic N) is 3. The molecule has 0 radical (unpaired) electrons. The Bertz CT molecular complexity index is 365. The van der Waals surface area contributed by atoms with Crippen LogP contribution in [0.4, 0.5) is 0 Å². The molecule has 1 fully saturated rings. The summed E-state index contributed by atoms with van der Waals surface area (Å²) in [5, 5.41) is 3.21. The van der Waals surface area contributed by atoms with Gasteiger partial charge in [0, 0.05) is 39.4 Å². The highest BCUT2D eigenvalue weighted by Gasteiger charge is 2.20. The molecule has 1 saturated heterocycles. The maximum atomic E-state index is 12.1. The number of nitrogens with one attached hydrogen (secondary N) is 1. The minimum atomic E-state index is -0.105. The summed E-state index contributed by atoms with van der Waals surface area (Å²) in [6, 6.07) is 0. The van der Waals surface area contributed by atoms with Gasteiger partial charge in [-0.3, -0.25) is 9.79 Å². The van der Waals surface area contributed by atoms with Gasteiger partial charge in [0.25, 0.3) is 5.91 Å². The Balaban J connectivity index is 2.66. The molecule has 1 heterocycles. The van der Waals surface area contributed by atoms with E-state index in [-0.39, 0.29) is 11.7 Å². The Labute approximate surface area is 109 Å². The van der Waals surface area contributed by atoms with E-state index in [2.05, 4.69) is 21.9 Å². The maximum Gasteiger partial charge on any atom is 0.291 e. The molecule has 1 N–H and O–H groups in total. The third kappa shape index (κ3) is 4.07. The van der Waals surface area contributed by atoms with Crippen molar-refractivity contribution < 1.29 is 4.79 Å². The van der Waals surface area contributed by atoms with Crippen molar-refractivity contribution in [2.75, 3.05) is 33.2 Å². The lowest BCUT2D eigenvalue weighted by Gasteiger charge is -2.26. The van der Waals surface area contributed by atoms with Gasteiger partial charge in [-0.05, 0) is 11.5 Å². The third-order valence-corrected chi connectivity index (χ3v) is 2.90. The van der Waals surface area contributed by atoms with Gasteiger partial charge < -0.3 is 10.2 Å². The first-order chi connectivity index (χ1) is 8.56. The number of carbonyl (C=O) groups is 1. The van der Waals surface area contributed by atoms with E-state index < -0.39 is 0 Å². The van der Waals surface area contributed by atoms with Crippen molar-refractivity contribution in [1.82, 2.24) is 10.2 Å². The zero-order valence-corrected chi connectivity index (χ0v) is 11.4. The molecule has 1 rings (SSSR count). The normalized spacial score (nSPS) is 17.6. The number of amides is 1. The highest BCUT2D eigenvalue weighted by Crippen LogP contribution is 2.04. The SMILES string of the molecule is C=C(/C=N\C(=N/C)C(=O)N1CCNCC1)C(C)C. The van der Waals surface area contributed by atoms with Crippen molar-refractivity contribution in [2.45, 2.75) is 13.8 Å². The molecule has 1 aliphatic heterocycles. The summed E-state index contributed by atoms with van der Waals surface area (Å²) in [5.41, 5.74) is 0.893. The molecule has 0 aromatic carbocycles. The third-order valence-electron chi connectivity index (χ3n) is 2.90.